The SMILES string of the molecule is CC1C=C(N(c2ccc3c(c2)c2ccccc2n3-c2ccc(F)cc2)c2c(F)c(F)c(-c3ccc(N(c4cccc(-c5ccccc5)c4)c4ccc5c(c4)c4ccccc4n5-c4ccc(F)cc4)cc3)c(F)c2F)C=C(c2ccccc2)C1. The van der Waals surface area contributed by atoms with Gasteiger partial charge in [0.2, 0.25) is 0 Å². The largest absolute Gasteiger partial charge is 0.310 e. The Bertz CT molecular complexity index is 4690. The second kappa shape index (κ2) is 20.7. The van der Waals surface area contributed by atoms with Crippen LogP contribution in [0.15, 0.2) is 261 Å². The summed E-state index contributed by atoms with van der Waals surface area (Å²) in [5.41, 5.74) is 9.42. The van der Waals surface area contributed by atoms with Crippen molar-refractivity contribution in [1.29, 1.82) is 0 Å². The lowest BCUT2D eigenvalue weighted by molar-refractivity contribution is 0.460. The van der Waals surface area contributed by atoms with E-state index in [1.807, 2.05) is 168 Å². The first kappa shape index (κ1) is 50.9. The van der Waals surface area contributed by atoms with Crippen LogP contribution < -0.4 is 9.80 Å². The van der Waals surface area contributed by atoms with Gasteiger partial charge in [-0.05, 0) is 168 Å². The molecule has 83 heavy (non-hydrogen) atoms. The number of aromatic nitrogens is 2. The number of fused-ring (bicyclic) bond motifs is 6. The summed E-state index contributed by atoms with van der Waals surface area (Å²) < 4.78 is 103. The van der Waals surface area contributed by atoms with Crippen LogP contribution in [0.2, 0.25) is 0 Å². The molecular formula is C73H48F6N4. The van der Waals surface area contributed by atoms with Crippen molar-refractivity contribution in [3.63, 3.8) is 0 Å². The zero-order valence-corrected chi connectivity index (χ0v) is 44.6. The van der Waals surface area contributed by atoms with Crippen LogP contribution in [0.25, 0.3) is 82.8 Å². The van der Waals surface area contributed by atoms with Crippen molar-refractivity contribution in [3.05, 3.63) is 301 Å². The molecule has 0 fully saturated rings. The molecule has 14 rings (SSSR count). The van der Waals surface area contributed by atoms with Crippen molar-refractivity contribution >= 4 is 77.6 Å². The molecule has 13 aromatic rings. The maximum atomic E-state index is 17.7. The molecule has 0 radical (unpaired) electrons. The summed E-state index contributed by atoms with van der Waals surface area (Å²) in [4.78, 5) is 3.31. The first-order chi connectivity index (χ1) is 40.6. The van der Waals surface area contributed by atoms with E-state index in [-0.39, 0.29) is 28.8 Å². The highest BCUT2D eigenvalue weighted by molar-refractivity contribution is 6.12. The van der Waals surface area contributed by atoms with E-state index in [2.05, 4.69) is 16.7 Å². The maximum absolute atomic E-state index is 17.7. The van der Waals surface area contributed by atoms with Crippen LogP contribution in [0.4, 0.5) is 54.8 Å². The Labute approximate surface area is 474 Å². The number of para-hydroxylation sites is 2. The van der Waals surface area contributed by atoms with Crippen LogP contribution in [0.5, 0.6) is 0 Å². The number of anilines is 5. The third kappa shape index (κ3) is 8.91. The molecule has 10 heteroatoms. The fraction of sp³-hybridized carbons (Fsp3) is 0.0411. The molecule has 0 saturated heterocycles. The summed E-state index contributed by atoms with van der Waals surface area (Å²) in [5, 5.41) is 3.39. The molecule has 1 atom stereocenters. The van der Waals surface area contributed by atoms with Gasteiger partial charge in [0, 0.05) is 61.4 Å². The first-order valence-electron chi connectivity index (χ1n) is 27.3. The molecule has 1 aliphatic carbocycles. The predicted octanol–water partition coefficient (Wildman–Crippen LogP) is 20.7. The Morgan fingerprint density at radius 1 is 0.361 bits per heavy atom. The second-order valence-corrected chi connectivity index (χ2v) is 21.0. The monoisotopic (exact) mass is 1090 g/mol. The zero-order valence-electron chi connectivity index (χ0n) is 44.6. The summed E-state index contributed by atoms with van der Waals surface area (Å²) in [5.74, 6) is -7.12. The average molecular weight is 1100 g/mol. The fourth-order valence-electron chi connectivity index (χ4n) is 12.1. The van der Waals surface area contributed by atoms with E-state index in [4.69, 9.17) is 0 Å². The molecule has 11 aromatic carbocycles. The number of hydrogen-bond acceptors (Lipinski definition) is 2. The van der Waals surface area contributed by atoms with E-state index in [0.717, 1.165) is 77.6 Å². The van der Waals surface area contributed by atoms with Crippen LogP contribution in [-0.2, 0) is 0 Å². The van der Waals surface area contributed by atoms with E-state index in [1.165, 1.54) is 41.3 Å². The molecule has 0 aliphatic heterocycles. The minimum Gasteiger partial charge on any atom is -0.310 e. The predicted molar refractivity (Wildman–Crippen MR) is 325 cm³/mol. The van der Waals surface area contributed by atoms with Crippen molar-refractivity contribution in [2.45, 2.75) is 13.3 Å². The Morgan fingerprint density at radius 3 is 1.37 bits per heavy atom. The van der Waals surface area contributed by atoms with Gasteiger partial charge in [-0.1, -0.05) is 134 Å². The molecule has 1 aliphatic rings. The first-order valence-corrected chi connectivity index (χ1v) is 27.3. The number of halogens is 6. The standard InChI is InChI=1S/C73H48F6N4/c1-45-39-50(47-15-6-3-7-16-47)42-59(40-45)81(58-36-38-67-63(44-58)61-20-9-11-22-65(61)83(67)55-33-27-52(75)28-34-55)73-71(78)69(76)68(70(77)72(73)79)48-23-29-53(30-24-48)80(56-18-12-17-49(41-56)46-13-4-2-5-14-46)57-35-37-66-62(43-57)60-19-8-10-21-64(60)82(66)54-31-25-51(74)26-32-54/h2-38,40-45H,39H2,1H3. The number of hydrogen-bond donors (Lipinski definition) is 0. The molecule has 402 valence electrons. The molecule has 2 heterocycles. The van der Waals surface area contributed by atoms with Crippen LogP contribution in [0.1, 0.15) is 18.9 Å². The zero-order chi connectivity index (χ0) is 56.5. The summed E-state index contributed by atoms with van der Waals surface area (Å²) in [7, 11) is 0. The van der Waals surface area contributed by atoms with E-state index >= 15 is 17.6 Å². The fourth-order valence-corrected chi connectivity index (χ4v) is 12.1. The van der Waals surface area contributed by atoms with E-state index < -0.39 is 34.5 Å². The van der Waals surface area contributed by atoms with Gasteiger partial charge in [0.15, 0.2) is 23.3 Å². The molecule has 0 bridgehead atoms. The van der Waals surface area contributed by atoms with Gasteiger partial charge in [-0.25, -0.2) is 26.3 Å². The van der Waals surface area contributed by atoms with Crippen molar-refractivity contribution in [2.24, 2.45) is 5.92 Å². The molecule has 0 N–H and O–H groups in total. The quantitative estimate of drug-likeness (QED) is 0.0948. The highest BCUT2D eigenvalue weighted by Crippen LogP contribution is 2.47. The van der Waals surface area contributed by atoms with Gasteiger partial charge >= 0.3 is 0 Å². The van der Waals surface area contributed by atoms with E-state index in [9.17, 15) is 8.78 Å². The Balaban J connectivity index is 0.908. The Hall–Kier alpha value is -10.3. The van der Waals surface area contributed by atoms with Gasteiger partial charge in [0.25, 0.3) is 0 Å². The molecule has 1 unspecified atom stereocenters. The summed E-state index contributed by atoms with van der Waals surface area (Å²) in [6.07, 6.45) is 4.30. The van der Waals surface area contributed by atoms with Gasteiger partial charge in [-0.2, -0.15) is 0 Å². The summed E-state index contributed by atoms with van der Waals surface area (Å²) in [6.45, 7) is 1.99. The molecule has 2 aromatic heterocycles. The highest BCUT2D eigenvalue weighted by Gasteiger charge is 2.33. The third-order valence-electron chi connectivity index (χ3n) is 15.8. The normalized spacial score (nSPS) is 13.5. The van der Waals surface area contributed by atoms with Gasteiger partial charge in [0.1, 0.15) is 17.3 Å². The maximum Gasteiger partial charge on any atom is 0.186 e. The van der Waals surface area contributed by atoms with Crippen LogP contribution in [0.3, 0.4) is 0 Å². The molecule has 0 spiro atoms. The molecule has 0 amide bonds. The highest BCUT2D eigenvalue weighted by atomic mass is 19.2. The van der Waals surface area contributed by atoms with Gasteiger partial charge in [0.05, 0.1) is 27.6 Å². The number of allylic oxidation sites excluding steroid dienone is 3. The van der Waals surface area contributed by atoms with Crippen molar-refractivity contribution in [2.75, 3.05) is 9.80 Å². The van der Waals surface area contributed by atoms with Crippen molar-refractivity contribution in [3.8, 4) is 33.6 Å². The molecule has 4 nitrogen and oxygen atoms in total. The van der Waals surface area contributed by atoms with Crippen LogP contribution >= 0.6 is 0 Å². The Morgan fingerprint density at radius 2 is 0.819 bits per heavy atom. The smallest absolute Gasteiger partial charge is 0.186 e. The second-order valence-electron chi connectivity index (χ2n) is 21.0. The lowest BCUT2D eigenvalue weighted by Crippen LogP contribution is -2.22. The van der Waals surface area contributed by atoms with Crippen LogP contribution in [-0.4, -0.2) is 9.13 Å². The van der Waals surface area contributed by atoms with Gasteiger partial charge in [-0.15, -0.1) is 0 Å². The third-order valence-corrected chi connectivity index (χ3v) is 15.8. The van der Waals surface area contributed by atoms with Gasteiger partial charge < -0.3 is 18.9 Å². The Kier molecular flexibility index (Phi) is 12.7. The topological polar surface area (TPSA) is 16.3 Å². The lowest BCUT2D eigenvalue weighted by Gasteiger charge is -2.31. The summed E-state index contributed by atoms with van der Waals surface area (Å²) in [6, 6.07) is 73.4. The number of benzene rings is 11. The number of nitrogens with zero attached hydrogens (tertiary/aromatic N) is 4. The minimum atomic E-state index is -1.57. The number of rotatable bonds is 11. The van der Waals surface area contributed by atoms with Gasteiger partial charge in [-0.3, -0.25) is 0 Å². The van der Waals surface area contributed by atoms with E-state index in [0.29, 0.717) is 28.9 Å². The van der Waals surface area contributed by atoms with Crippen molar-refractivity contribution in [1.82, 2.24) is 9.13 Å². The molecular weight excluding hydrogens is 1050 g/mol. The average Bonchev–Trinajstić information content (AvgIpc) is 4.18. The van der Waals surface area contributed by atoms with E-state index in [1.54, 1.807) is 54.6 Å². The summed E-state index contributed by atoms with van der Waals surface area (Å²) >= 11 is 0. The van der Waals surface area contributed by atoms with Crippen LogP contribution in [0, 0.1) is 40.8 Å². The molecule has 0 saturated carbocycles. The van der Waals surface area contributed by atoms with Crippen molar-refractivity contribution < 1.29 is 26.3 Å². The lowest BCUT2D eigenvalue weighted by atomic mass is 9.89. The minimum absolute atomic E-state index is 0.0813.